The van der Waals surface area contributed by atoms with Gasteiger partial charge in [-0.05, 0) is 19.1 Å². The van der Waals surface area contributed by atoms with Crippen LogP contribution in [0.2, 0.25) is 0 Å². The molecule has 1 unspecified atom stereocenters. The number of H-pyrrole nitrogens is 1. The maximum absolute atomic E-state index is 13.2. The van der Waals surface area contributed by atoms with Gasteiger partial charge in [-0.25, -0.2) is 13.4 Å². The molecule has 4 heterocycles. The van der Waals surface area contributed by atoms with Gasteiger partial charge < -0.3 is 20.9 Å². The van der Waals surface area contributed by atoms with Crippen molar-refractivity contribution in [2.24, 2.45) is 5.73 Å². The average molecular weight is 488 g/mol. The van der Waals surface area contributed by atoms with Gasteiger partial charge in [-0.3, -0.25) is 10.2 Å². The lowest BCUT2D eigenvalue weighted by Crippen LogP contribution is -2.50. The molecule has 12 heteroatoms. The number of benzene rings is 1. The Labute approximate surface area is 195 Å². The quantitative estimate of drug-likeness (QED) is 0.320. The van der Waals surface area contributed by atoms with E-state index in [0.717, 1.165) is 28.9 Å². The van der Waals surface area contributed by atoms with Crippen molar-refractivity contribution in [3.05, 3.63) is 45.4 Å². The minimum absolute atomic E-state index is 0.0800. The zero-order valence-corrected chi connectivity index (χ0v) is 19.7. The fraction of sp³-hybridized carbons (Fsp3) is 0.381. The van der Waals surface area contributed by atoms with E-state index in [4.69, 9.17) is 11.1 Å². The van der Waals surface area contributed by atoms with Crippen LogP contribution in [0.4, 0.5) is 0 Å². The smallest absolute Gasteiger partial charge is 0.282 e. The second-order valence-electron chi connectivity index (χ2n) is 8.42. The SMILES string of the molecule is CC1Cc2nc(C(=O)N3CCN(S(=O)(=O)c4cc5ccc(C(=N)N)cc5[nH]4)CC3)sc2CN1. The van der Waals surface area contributed by atoms with Crippen LogP contribution in [0, 0.1) is 5.41 Å². The van der Waals surface area contributed by atoms with Crippen LogP contribution in [0.15, 0.2) is 29.3 Å². The summed E-state index contributed by atoms with van der Waals surface area (Å²) < 4.78 is 27.8. The molecule has 5 N–H and O–H groups in total. The number of amidine groups is 1. The van der Waals surface area contributed by atoms with Gasteiger partial charge in [0.15, 0.2) is 5.01 Å². The van der Waals surface area contributed by atoms with E-state index in [0.29, 0.717) is 35.2 Å². The maximum atomic E-state index is 13.2. The Balaban J connectivity index is 1.29. The fourth-order valence-corrected chi connectivity index (χ4v) is 6.66. The van der Waals surface area contributed by atoms with E-state index >= 15 is 0 Å². The number of fused-ring (bicyclic) bond motifs is 2. The predicted octanol–water partition coefficient (Wildman–Crippen LogP) is 1.09. The van der Waals surface area contributed by atoms with Crippen LogP contribution >= 0.6 is 11.3 Å². The van der Waals surface area contributed by atoms with E-state index in [1.807, 2.05) is 0 Å². The van der Waals surface area contributed by atoms with Crippen LogP contribution in [0.3, 0.4) is 0 Å². The summed E-state index contributed by atoms with van der Waals surface area (Å²) in [6.07, 6.45) is 0.809. The van der Waals surface area contributed by atoms with Gasteiger partial charge >= 0.3 is 0 Å². The third kappa shape index (κ3) is 4.03. The number of nitrogen functional groups attached to an aromatic ring is 1. The number of piperazine rings is 1. The third-order valence-corrected chi connectivity index (χ3v) is 9.03. The first kappa shape index (κ1) is 22.0. The number of carbonyl (C=O) groups is 1. The number of amides is 1. The number of carbonyl (C=O) groups excluding carboxylic acids is 1. The Morgan fingerprint density at radius 2 is 2.00 bits per heavy atom. The molecule has 3 aromatic rings. The summed E-state index contributed by atoms with van der Waals surface area (Å²) in [6.45, 7) is 3.87. The van der Waals surface area contributed by atoms with Crippen LogP contribution in [0.25, 0.3) is 10.9 Å². The highest BCUT2D eigenvalue weighted by Crippen LogP contribution is 2.26. The lowest BCUT2D eigenvalue weighted by atomic mass is 10.1. The first-order valence-electron chi connectivity index (χ1n) is 10.7. The standard InChI is InChI=1S/C21H25N7O3S2/c1-12-8-16-17(11-24-12)32-20(26-16)21(29)27-4-6-28(7-5-27)33(30,31)18-10-13-2-3-14(19(22)23)9-15(13)25-18/h2-3,9-10,12,24-25H,4-8,11H2,1H3,(H3,22,23). The fourth-order valence-electron chi connectivity index (χ4n) is 4.21. The molecule has 0 aliphatic carbocycles. The normalized spacial score (nSPS) is 19.5. The van der Waals surface area contributed by atoms with Gasteiger partial charge in [0, 0.05) is 66.5 Å². The van der Waals surface area contributed by atoms with Crippen molar-refractivity contribution < 1.29 is 13.2 Å². The Bertz CT molecular complexity index is 1350. The summed E-state index contributed by atoms with van der Waals surface area (Å²) in [6, 6.07) is 7.02. The summed E-state index contributed by atoms with van der Waals surface area (Å²) >= 11 is 1.42. The molecule has 0 bridgehead atoms. The summed E-state index contributed by atoms with van der Waals surface area (Å²) in [5, 5.41) is 12.2. The van der Waals surface area contributed by atoms with Crippen molar-refractivity contribution >= 4 is 44.0 Å². The van der Waals surface area contributed by atoms with Gasteiger partial charge in [0.25, 0.3) is 15.9 Å². The van der Waals surface area contributed by atoms with Crippen molar-refractivity contribution in [3.8, 4) is 0 Å². The average Bonchev–Trinajstić information content (AvgIpc) is 3.42. The highest BCUT2D eigenvalue weighted by atomic mass is 32.2. The monoisotopic (exact) mass is 487 g/mol. The van der Waals surface area contributed by atoms with Crippen LogP contribution in [0.1, 0.15) is 32.9 Å². The van der Waals surface area contributed by atoms with Crippen molar-refractivity contribution in [3.63, 3.8) is 0 Å². The summed E-state index contributed by atoms with van der Waals surface area (Å²) in [5.74, 6) is -0.218. The zero-order chi connectivity index (χ0) is 23.3. The van der Waals surface area contributed by atoms with Crippen LogP contribution in [-0.2, 0) is 23.0 Å². The van der Waals surface area contributed by atoms with E-state index in [1.165, 1.54) is 15.6 Å². The van der Waals surface area contributed by atoms with Crippen LogP contribution in [-0.4, -0.2) is 71.6 Å². The molecule has 0 saturated carbocycles. The van der Waals surface area contributed by atoms with Gasteiger partial charge in [-0.15, -0.1) is 11.3 Å². The minimum atomic E-state index is -3.75. The molecule has 0 spiro atoms. The largest absolute Gasteiger partial charge is 0.384 e. The molecular weight excluding hydrogens is 462 g/mol. The molecule has 33 heavy (non-hydrogen) atoms. The highest BCUT2D eigenvalue weighted by molar-refractivity contribution is 7.89. The minimum Gasteiger partial charge on any atom is -0.384 e. The van der Waals surface area contributed by atoms with Gasteiger partial charge in [0.05, 0.1) is 5.69 Å². The maximum Gasteiger partial charge on any atom is 0.282 e. The lowest BCUT2D eigenvalue weighted by Gasteiger charge is -2.33. The molecule has 1 atom stereocenters. The molecule has 1 fully saturated rings. The highest BCUT2D eigenvalue weighted by Gasteiger charge is 2.33. The van der Waals surface area contributed by atoms with Gasteiger partial charge in [0.2, 0.25) is 0 Å². The zero-order valence-electron chi connectivity index (χ0n) is 18.1. The van der Waals surface area contributed by atoms with E-state index in [2.05, 4.69) is 22.2 Å². The van der Waals surface area contributed by atoms with Gasteiger partial charge in [0.1, 0.15) is 10.9 Å². The predicted molar refractivity (Wildman–Crippen MR) is 126 cm³/mol. The van der Waals surface area contributed by atoms with Crippen molar-refractivity contribution in [1.29, 1.82) is 5.41 Å². The number of nitrogens with two attached hydrogens (primary N) is 1. The van der Waals surface area contributed by atoms with E-state index in [-0.39, 0.29) is 29.9 Å². The summed E-state index contributed by atoms with van der Waals surface area (Å²) in [7, 11) is -3.75. The van der Waals surface area contributed by atoms with Crippen molar-refractivity contribution in [2.75, 3.05) is 26.2 Å². The molecule has 1 amide bonds. The first-order valence-corrected chi connectivity index (χ1v) is 13.0. The van der Waals surface area contributed by atoms with Crippen LogP contribution < -0.4 is 11.1 Å². The molecule has 1 saturated heterocycles. The Morgan fingerprint density at radius 3 is 2.73 bits per heavy atom. The molecule has 2 aliphatic rings. The number of nitrogens with one attached hydrogen (secondary N) is 3. The molecule has 10 nitrogen and oxygen atoms in total. The number of hydrogen-bond acceptors (Lipinski definition) is 7. The summed E-state index contributed by atoms with van der Waals surface area (Å²) in [4.78, 5) is 23.3. The lowest BCUT2D eigenvalue weighted by molar-refractivity contribution is 0.0697. The van der Waals surface area contributed by atoms with Gasteiger partial charge in [-0.1, -0.05) is 12.1 Å². The number of hydrogen-bond donors (Lipinski definition) is 4. The second-order valence-corrected chi connectivity index (χ2v) is 11.4. The molecular formula is C21H25N7O3S2. The third-order valence-electron chi connectivity index (χ3n) is 6.12. The van der Waals surface area contributed by atoms with Crippen molar-refractivity contribution in [2.45, 2.75) is 31.0 Å². The number of aromatic amines is 1. The van der Waals surface area contributed by atoms with Crippen molar-refractivity contribution in [1.82, 2.24) is 24.5 Å². The number of rotatable bonds is 4. The number of sulfonamides is 1. The number of thiazole rings is 1. The number of nitrogens with zero attached hydrogens (tertiary/aromatic N) is 3. The van der Waals surface area contributed by atoms with Gasteiger partial charge in [-0.2, -0.15) is 4.31 Å². The molecule has 5 rings (SSSR count). The van der Waals surface area contributed by atoms with E-state index in [9.17, 15) is 13.2 Å². The molecule has 2 aromatic heterocycles. The molecule has 174 valence electrons. The molecule has 0 radical (unpaired) electrons. The Kier molecular flexibility index (Phi) is 5.47. The molecule has 1 aromatic carbocycles. The van der Waals surface area contributed by atoms with E-state index in [1.54, 1.807) is 29.2 Å². The Morgan fingerprint density at radius 1 is 1.24 bits per heavy atom. The topological polar surface area (TPSA) is 148 Å². The van der Waals surface area contributed by atoms with Crippen LogP contribution in [0.5, 0.6) is 0 Å². The molecule has 2 aliphatic heterocycles. The second kappa shape index (κ2) is 8.20. The van der Waals surface area contributed by atoms with E-state index < -0.39 is 10.0 Å². The number of aromatic nitrogens is 2. The summed E-state index contributed by atoms with van der Waals surface area (Å²) in [5.41, 5.74) is 7.65. The Hall–Kier alpha value is -2.80. The first-order chi connectivity index (χ1) is 15.7.